The van der Waals surface area contributed by atoms with E-state index in [0.717, 1.165) is 26.3 Å². The molecule has 0 saturated heterocycles. The van der Waals surface area contributed by atoms with Crippen LogP contribution in [-0.4, -0.2) is 15.2 Å². The largest absolute Gasteiger partial charge is 0.454 e. The van der Waals surface area contributed by atoms with Crippen LogP contribution in [0.2, 0.25) is 0 Å². The van der Waals surface area contributed by atoms with E-state index in [1.807, 2.05) is 37.3 Å². The van der Waals surface area contributed by atoms with Crippen LogP contribution in [0.25, 0.3) is 31.7 Å². The lowest BCUT2D eigenvalue weighted by molar-refractivity contribution is 0.173. The van der Waals surface area contributed by atoms with Crippen molar-refractivity contribution in [2.24, 2.45) is 5.14 Å². The number of benzene rings is 3. The Morgan fingerprint density at radius 1 is 0.968 bits per heavy atom. The quantitative estimate of drug-likeness (QED) is 0.502. The fraction of sp³-hybridized carbons (Fsp3) is 0.0870. The number of rotatable bonds is 3. The van der Waals surface area contributed by atoms with Gasteiger partial charge in [0.25, 0.3) is 0 Å². The molecule has 0 unspecified atom stereocenters. The maximum absolute atomic E-state index is 13.6. The Balaban J connectivity index is 1.82. The molecule has 0 saturated carbocycles. The molecule has 0 aliphatic carbocycles. The van der Waals surface area contributed by atoms with Gasteiger partial charge in [0.15, 0.2) is 16.9 Å². The molecule has 1 aromatic heterocycles. The summed E-state index contributed by atoms with van der Waals surface area (Å²) in [6.07, 6.45) is 0. The lowest BCUT2D eigenvalue weighted by atomic mass is 9.96. The van der Waals surface area contributed by atoms with Crippen molar-refractivity contribution >= 4 is 31.4 Å². The summed E-state index contributed by atoms with van der Waals surface area (Å²) in [5, 5.41) is 5.87. The first kappa shape index (κ1) is 19.7. The number of nitrogens with two attached hydrogens (primary N) is 1. The highest BCUT2D eigenvalue weighted by molar-refractivity contribution is 7.89. The van der Waals surface area contributed by atoms with Crippen LogP contribution in [0.5, 0.6) is 11.5 Å². The molecule has 0 radical (unpaired) electrons. The molecule has 1 aliphatic heterocycles. The third kappa shape index (κ3) is 3.29. The monoisotopic (exact) mass is 451 g/mol. The van der Waals surface area contributed by atoms with Crippen molar-refractivity contribution < 1.29 is 17.9 Å². The Morgan fingerprint density at radius 2 is 1.71 bits per heavy atom. The van der Waals surface area contributed by atoms with Crippen LogP contribution >= 0.6 is 11.3 Å². The predicted molar refractivity (Wildman–Crippen MR) is 121 cm³/mol. The molecule has 8 heteroatoms. The number of sulfonamides is 1. The van der Waals surface area contributed by atoms with Gasteiger partial charge in [0, 0.05) is 26.1 Å². The number of hydrogen-bond donors (Lipinski definition) is 1. The minimum absolute atomic E-state index is 0.0187. The molecule has 0 fully saturated rings. The summed E-state index contributed by atoms with van der Waals surface area (Å²) in [7, 11) is -3.81. The Morgan fingerprint density at radius 3 is 2.45 bits per heavy atom. The van der Waals surface area contributed by atoms with E-state index in [9.17, 15) is 13.2 Å². The molecule has 31 heavy (non-hydrogen) atoms. The van der Waals surface area contributed by atoms with E-state index in [0.29, 0.717) is 22.4 Å². The van der Waals surface area contributed by atoms with E-state index in [1.165, 1.54) is 23.5 Å². The van der Waals surface area contributed by atoms with Gasteiger partial charge in [-0.25, -0.2) is 13.6 Å². The third-order valence-electron chi connectivity index (χ3n) is 5.30. The summed E-state index contributed by atoms with van der Waals surface area (Å²) in [5.41, 5.74) is 2.75. The zero-order valence-corrected chi connectivity index (χ0v) is 18.0. The smallest absolute Gasteiger partial charge is 0.238 e. The van der Waals surface area contributed by atoms with Crippen molar-refractivity contribution in [3.63, 3.8) is 0 Å². The third-order valence-corrected chi connectivity index (χ3v) is 7.45. The molecule has 3 aromatic carbocycles. The van der Waals surface area contributed by atoms with Crippen molar-refractivity contribution in [1.82, 2.24) is 0 Å². The molecule has 0 spiro atoms. The van der Waals surface area contributed by atoms with Gasteiger partial charge in [0.1, 0.15) is 0 Å². The van der Waals surface area contributed by atoms with Crippen LogP contribution in [0.4, 0.5) is 0 Å². The minimum Gasteiger partial charge on any atom is -0.454 e. The first-order chi connectivity index (χ1) is 14.8. The summed E-state index contributed by atoms with van der Waals surface area (Å²) in [5.74, 6) is 1.28. The van der Waals surface area contributed by atoms with E-state index >= 15 is 0 Å². The van der Waals surface area contributed by atoms with Crippen LogP contribution in [0.1, 0.15) is 5.56 Å². The summed E-state index contributed by atoms with van der Waals surface area (Å²) >= 11 is 1.48. The van der Waals surface area contributed by atoms with Gasteiger partial charge >= 0.3 is 0 Å². The molecular weight excluding hydrogens is 434 g/mol. The maximum Gasteiger partial charge on any atom is 0.238 e. The van der Waals surface area contributed by atoms with Gasteiger partial charge in [-0.1, -0.05) is 24.3 Å². The van der Waals surface area contributed by atoms with Gasteiger partial charge in [-0.15, -0.1) is 11.3 Å². The van der Waals surface area contributed by atoms with Crippen LogP contribution < -0.4 is 20.0 Å². The van der Waals surface area contributed by atoms with Gasteiger partial charge < -0.3 is 9.47 Å². The number of ether oxygens (including phenoxy) is 2. The molecule has 156 valence electrons. The Kier molecular flexibility index (Phi) is 4.58. The van der Waals surface area contributed by atoms with Crippen molar-refractivity contribution in [1.29, 1.82) is 0 Å². The van der Waals surface area contributed by atoms with Crippen molar-refractivity contribution in [3.8, 4) is 33.1 Å². The highest BCUT2D eigenvalue weighted by Crippen LogP contribution is 2.44. The van der Waals surface area contributed by atoms with Gasteiger partial charge in [0.2, 0.25) is 16.8 Å². The highest BCUT2D eigenvalue weighted by atomic mass is 32.2. The fourth-order valence-corrected chi connectivity index (χ4v) is 5.48. The van der Waals surface area contributed by atoms with E-state index in [-0.39, 0.29) is 17.1 Å². The second-order valence-electron chi connectivity index (χ2n) is 7.17. The Bertz CT molecular complexity index is 1510. The minimum atomic E-state index is -3.81. The first-order valence-electron chi connectivity index (χ1n) is 9.43. The Hall–Kier alpha value is -3.20. The highest BCUT2D eigenvalue weighted by Gasteiger charge is 2.23. The standard InChI is InChI=1S/C23H17NO5S2/c1-13-16(10-11-18-22(13)29-12-28-18)20-21(25)17-4-2-3-5-19(17)30-23(20)14-6-8-15(9-7-14)31(24,26)27/h2-11H,12H2,1H3,(H2,24,26,27). The zero-order chi connectivity index (χ0) is 21.8. The lowest BCUT2D eigenvalue weighted by Crippen LogP contribution is -2.11. The molecule has 0 bridgehead atoms. The number of primary sulfonamides is 1. The van der Waals surface area contributed by atoms with Crippen LogP contribution in [-0.2, 0) is 10.0 Å². The average Bonchev–Trinajstić information content (AvgIpc) is 3.24. The summed E-state index contributed by atoms with van der Waals surface area (Å²) in [6.45, 7) is 2.04. The second kappa shape index (κ2) is 7.19. The molecule has 1 aliphatic rings. The molecule has 6 nitrogen and oxygen atoms in total. The van der Waals surface area contributed by atoms with Crippen molar-refractivity contribution in [2.75, 3.05) is 6.79 Å². The molecule has 0 amide bonds. The maximum atomic E-state index is 13.6. The zero-order valence-electron chi connectivity index (χ0n) is 16.4. The summed E-state index contributed by atoms with van der Waals surface area (Å²) < 4.78 is 35.2. The van der Waals surface area contributed by atoms with Crippen LogP contribution in [0, 0.1) is 6.92 Å². The molecular formula is C23H17NO5S2. The topological polar surface area (TPSA) is 95.7 Å². The SMILES string of the molecule is Cc1c(-c2c(-c3ccc(S(N)(=O)=O)cc3)sc3ccccc3c2=O)ccc2c1OCO2. The van der Waals surface area contributed by atoms with Crippen LogP contribution in [0.3, 0.4) is 0 Å². The molecule has 0 atom stereocenters. The fourth-order valence-electron chi connectivity index (χ4n) is 3.77. The van der Waals surface area contributed by atoms with Gasteiger partial charge in [-0.2, -0.15) is 0 Å². The van der Waals surface area contributed by atoms with E-state index in [2.05, 4.69) is 0 Å². The van der Waals surface area contributed by atoms with Gasteiger partial charge in [0.05, 0.1) is 4.90 Å². The molecule has 2 N–H and O–H groups in total. The van der Waals surface area contributed by atoms with E-state index in [1.54, 1.807) is 18.2 Å². The molecule has 4 aromatic rings. The van der Waals surface area contributed by atoms with Crippen molar-refractivity contribution in [2.45, 2.75) is 11.8 Å². The van der Waals surface area contributed by atoms with E-state index in [4.69, 9.17) is 14.6 Å². The normalized spacial score (nSPS) is 13.0. The lowest BCUT2D eigenvalue weighted by Gasteiger charge is -2.14. The van der Waals surface area contributed by atoms with Crippen molar-refractivity contribution in [3.05, 3.63) is 76.5 Å². The molecule has 2 heterocycles. The van der Waals surface area contributed by atoms with Crippen LogP contribution in [0.15, 0.2) is 70.4 Å². The van der Waals surface area contributed by atoms with Gasteiger partial charge in [-0.05, 0) is 54.4 Å². The molecule has 5 rings (SSSR count). The second-order valence-corrected chi connectivity index (χ2v) is 9.79. The van der Waals surface area contributed by atoms with E-state index < -0.39 is 10.0 Å². The average molecular weight is 452 g/mol. The number of fused-ring (bicyclic) bond motifs is 2. The summed E-state index contributed by atoms with van der Waals surface area (Å²) in [4.78, 5) is 14.4. The number of hydrogen-bond acceptors (Lipinski definition) is 6. The Labute approximate surface area is 182 Å². The van der Waals surface area contributed by atoms with Gasteiger partial charge in [-0.3, -0.25) is 4.79 Å². The first-order valence-corrected chi connectivity index (χ1v) is 11.8. The summed E-state index contributed by atoms with van der Waals surface area (Å²) in [6, 6.07) is 17.4. The predicted octanol–water partition coefficient (Wildman–Crippen LogP) is 4.28.